The van der Waals surface area contributed by atoms with Crippen LogP contribution in [-0.4, -0.2) is 33.5 Å². The Labute approximate surface area is 265 Å². The molecule has 0 bridgehead atoms. The molecule has 0 atom stereocenters. The number of carbonyl (C=O) groups is 1. The van der Waals surface area contributed by atoms with Gasteiger partial charge in [0.2, 0.25) is 5.91 Å². The maximum absolute atomic E-state index is 14.0. The Bertz CT molecular complexity index is 2200. The molecule has 4 aromatic carbocycles. The minimum Gasteiger partial charge on any atom is -0.496 e. The van der Waals surface area contributed by atoms with Crippen LogP contribution >= 0.6 is 0 Å². The van der Waals surface area contributed by atoms with E-state index in [2.05, 4.69) is 19.2 Å². The van der Waals surface area contributed by atoms with Crippen LogP contribution in [0, 0.1) is 19.7 Å². The van der Waals surface area contributed by atoms with Gasteiger partial charge in [0.05, 0.1) is 24.2 Å². The molecule has 2 aromatic heterocycles. The fourth-order valence-electron chi connectivity index (χ4n) is 5.79. The van der Waals surface area contributed by atoms with Crippen molar-refractivity contribution >= 4 is 39.6 Å². The highest BCUT2D eigenvalue weighted by atomic mass is 19.1. The van der Waals surface area contributed by atoms with Crippen molar-refractivity contribution in [3.8, 4) is 17.1 Å². The molecule has 0 saturated carbocycles. The molecule has 0 unspecified atom stereocenters. The van der Waals surface area contributed by atoms with Crippen molar-refractivity contribution < 1.29 is 13.9 Å². The number of halogens is 1. The summed E-state index contributed by atoms with van der Waals surface area (Å²) < 4.78 is 22.3. The fourth-order valence-corrected chi connectivity index (χ4v) is 5.79. The molecule has 0 aliphatic carbocycles. The highest BCUT2D eigenvalue weighted by molar-refractivity contribution is 6.02. The van der Waals surface area contributed by atoms with E-state index in [1.165, 1.54) is 28.9 Å². The molecule has 0 aliphatic heterocycles. The van der Waals surface area contributed by atoms with Gasteiger partial charge in [-0.25, -0.2) is 9.37 Å². The molecule has 232 valence electrons. The van der Waals surface area contributed by atoms with Gasteiger partial charge in [-0.05, 0) is 85.5 Å². The zero-order chi connectivity index (χ0) is 32.5. The number of rotatable bonds is 8. The molecule has 0 aliphatic rings. The first kappa shape index (κ1) is 30.5. The number of nitrogens with zero attached hydrogens (tertiary/aromatic N) is 4. The van der Waals surface area contributed by atoms with Crippen LogP contribution in [0.2, 0.25) is 0 Å². The average Bonchev–Trinajstić information content (AvgIpc) is 3.31. The van der Waals surface area contributed by atoms with Crippen LogP contribution in [0.5, 0.6) is 5.75 Å². The topological polar surface area (TPSA) is 90.5 Å². The smallest absolute Gasteiger partial charge is 0.282 e. The third kappa shape index (κ3) is 5.67. The zero-order valence-electron chi connectivity index (χ0n) is 26.3. The average molecular weight is 616 g/mol. The lowest BCUT2D eigenvalue weighted by Gasteiger charge is -2.17. The molecule has 9 heteroatoms. The SMILES string of the molecule is COc1cc(C)c(-c2nc3ccccc3c(=O)n2N=Cc2c(C)n(CC(=O)Nc3ccc(F)cc3)c3ccccc23)cc1C(C)C. The zero-order valence-corrected chi connectivity index (χ0v) is 26.3. The van der Waals surface area contributed by atoms with E-state index in [1.54, 1.807) is 19.4 Å². The van der Waals surface area contributed by atoms with Gasteiger partial charge in [-0.1, -0.05) is 44.2 Å². The van der Waals surface area contributed by atoms with Crippen LogP contribution in [-0.2, 0) is 11.3 Å². The molecular weight excluding hydrogens is 581 g/mol. The van der Waals surface area contributed by atoms with Crippen molar-refractivity contribution in [3.63, 3.8) is 0 Å². The molecule has 0 fully saturated rings. The molecule has 0 spiro atoms. The van der Waals surface area contributed by atoms with Crippen LogP contribution < -0.4 is 15.6 Å². The first-order valence-electron chi connectivity index (χ1n) is 15.0. The van der Waals surface area contributed by atoms with Gasteiger partial charge < -0.3 is 14.6 Å². The molecule has 8 nitrogen and oxygen atoms in total. The summed E-state index contributed by atoms with van der Waals surface area (Å²) in [5.74, 6) is 0.739. The minimum atomic E-state index is -0.374. The van der Waals surface area contributed by atoms with Gasteiger partial charge in [0, 0.05) is 33.4 Å². The Hall–Kier alpha value is -5.57. The second kappa shape index (κ2) is 12.4. The Balaban J connectivity index is 1.47. The van der Waals surface area contributed by atoms with Gasteiger partial charge in [-0.15, -0.1) is 0 Å². The molecule has 1 N–H and O–H groups in total. The maximum Gasteiger partial charge on any atom is 0.282 e. The summed E-state index contributed by atoms with van der Waals surface area (Å²) in [5.41, 5.74) is 5.87. The third-order valence-corrected chi connectivity index (χ3v) is 8.21. The summed E-state index contributed by atoms with van der Waals surface area (Å²) in [4.78, 5) is 32.0. The van der Waals surface area contributed by atoms with Crippen molar-refractivity contribution in [1.29, 1.82) is 0 Å². The molecule has 1 amide bonds. The number of hydrogen-bond donors (Lipinski definition) is 1. The Kier molecular flexibility index (Phi) is 8.23. The lowest BCUT2D eigenvalue weighted by Crippen LogP contribution is -2.21. The largest absolute Gasteiger partial charge is 0.496 e. The molecular formula is C37H34FN5O3. The van der Waals surface area contributed by atoms with Crippen LogP contribution in [0.25, 0.3) is 33.2 Å². The maximum atomic E-state index is 14.0. The number of hydrogen-bond acceptors (Lipinski definition) is 5. The Morgan fingerprint density at radius 3 is 2.41 bits per heavy atom. The number of benzene rings is 4. The number of anilines is 1. The van der Waals surface area contributed by atoms with E-state index in [0.29, 0.717) is 22.4 Å². The fraction of sp³-hybridized carbons (Fsp3) is 0.189. The summed E-state index contributed by atoms with van der Waals surface area (Å²) in [6, 6.07) is 24.6. The molecule has 6 rings (SSSR count). The van der Waals surface area contributed by atoms with E-state index >= 15 is 0 Å². The van der Waals surface area contributed by atoms with E-state index in [0.717, 1.165) is 44.6 Å². The molecule has 0 saturated heterocycles. The van der Waals surface area contributed by atoms with Crippen molar-refractivity contribution in [2.45, 2.75) is 40.2 Å². The predicted molar refractivity (Wildman–Crippen MR) is 182 cm³/mol. The van der Waals surface area contributed by atoms with Crippen molar-refractivity contribution in [2.24, 2.45) is 5.10 Å². The van der Waals surface area contributed by atoms with Gasteiger partial charge in [0.1, 0.15) is 18.1 Å². The Morgan fingerprint density at radius 2 is 1.70 bits per heavy atom. The highest BCUT2D eigenvalue weighted by Gasteiger charge is 2.20. The summed E-state index contributed by atoms with van der Waals surface area (Å²) in [6.07, 6.45) is 1.66. The standard InChI is InChI=1S/C37H34FN5O3/c1-22(2)29-19-30(23(3)18-34(29)46-5)36-41-32-12-8-6-11-28(32)37(45)43(36)39-20-31-24(4)42(33-13-9-7-10-27(31)33)21-35(44)40-26-16-14-25(38)15-17-26/h6-20,22H,21H2,1-5H3,(H,40,44). The lowest BCUT2D eigenvalue weighted by atomic mass is 9.96. The van der Waals surface area contributed by atoms with Gasteiger partial charge in [-0.2, -0.15) is 9.78 Å². The van der Waals surface area contributed by atoms with Crippen LogP contribution in [0.4, 0.5) is 10.1 Å². The molecule has 2 heterocycles. The molecule has 6 aromatic rings. The molecule has 0 radical (unpaired) electrons. The summed E-state index contributed by atoms with van der Waals surface area (Å²) in [6.45, 7) is 8.09. The number of amides is 1. The van der Waals surface area contributed by atoms with Gasteiger partial charge >= 0.3 is 0 Å². The number of nitrogens with one attached hydrogen (secondary N) is 1. The predicted octanol–water partition coefficient (Wildman–Crippen LogP) is 7.43. The monoisotopic (exact) mass is 615 g/mol. The lowest BCUT2D eigenvalue weighted by molar-refractivity contribution is -0.116. The first-order valence-corrected chi connectivity index (χ1v) is 15.0. The van der Waals surface area contributed by atoms with Gasteiger partial charge in [0.25, 0.3) is 5.56 Å². The summed E-state index contributed by atoms with van der Waals surface area (Å²) in [5, 5.41) is 8.94. The summed E-state index contributed by atoms with van der Waals surface area (Å²) in [7, 11) is 1.65. The minimum absolute atomic E-state index is 0.0311. The first-order chi connectivity index (χ1) is 22.2. The van der Waals surface area contributed by atoms with Crippen molar-refractivity contribution in [2.75, 3.05) is 12.4 Å². The number of methoxy groups -OCH3 is 1. The van der Waals surface area contributed by atoms with E-state index in [1.807, 2.05) is 73.0 Å². The van der Waals surface area contributed by atoms with Crippen LogP contribution in [0.3, 0.4) is 0 Å². The van der Waals surface area contributed by atoms with Crippen LogP contribution in [0.15, 0.2) is 94.8 Å². The number of aryl methyl sites for hydroxylation is 1. The quantitative estimate of drug-likeness (QED) is 0.180. The second-order valence-electron chi connectivity index (χ2n) is 11.5. The van der Waals surface area contributed by atoms with E-state index in [9.17, 15) is 14.0 Å². The molecule has 46 heavy (non-hydrogen) atoms. The number of ether oxygens (including phenoxy) is 1. The highest BCUT2D eigenvalue weighted by Crippen LogP contribution is 2.34. The van der Waals surface area contributed by atoms with Crippen molar-refractivity contribution in [1.82, 2.24) is 14.2 Å². The van der Waals surface area contributed by atoms with Gasteiger partial charge in [0.15, 0.2) is 5.82 Å². The number of fused-ring (bicyclic) bond motifs is 2. The van der Waals surface area contributed by atoms with E-state index < -0.39 is 0 Å². The number of carbonyl (C=O) groups excluding carboxylic acids is 1. The van der Waals surface area contributed by atoms with Crippen molar-refractivity contribution in [3.05, 3.63) is 123 Å². The number of aromatic nitrogens is 3. The third-order valence-electron chi connectivity index (χ3n) is 8.21. The van der Waals surface area contributed by atoms with Crippen LogP contribution in [0.1, 0.15) is 42.1 Å². The normalized spacial score (nSPS) is 11.6. The second-order valence-corrected chi connectivity index (χ2v) is 11.5. The van der Waals surface area contributed by atoms with Gasteiger partial charge in [-0.3, -0.25) is 9.59 Å². The Morgan fingerprint density at radius 1 is 1.00 bits per heavy atom. The summed E-state index contributed by atoms with van der Waals surface area (Å²) >= 11 is 0. The number of para-hydroxylation sites is 2. The van der Waals surface area contributed by atoms with E-state index in [4.69, 9.17) is 14.8 Å². The van der Waals surface area contributed by atoms with E-state index in [-0.39, 0.29) is 29.7 Å².